The van der Waals surface area contributed by atoms with Crippen molar-refractivity contribution in [3.05, 3.63) is 42.1 Å². The quantitative estimate of drug-likeness (QED) is 0.277. The number of carbonyl (C=O) groups is 2. The van der Waals surface area contributed by atoms with E-state index in [1.807, 2.05) is 0 Å². The molecule has 0 aliphatic heterocycles. The Morgan fingerprint density at radius 3 is 2.67 bits per heavy atom. The number of primary amides is 1. The van der Waals surface area contributed by atoms with E-state index in [9.17, 15) is 9.59 Å². The predicted molar refractivity (Wildman–Crippen MR) is 127 cm³/mol. The Labute approximate surface area is 205 Å². The first-order chi connectivity index (χ1) is 17.3. The second-order valence-electron chi connectivity index (χ2n) is 8.40. The van der Waals surface area contributed by atoms with E-state index in [2.05, 4.69) is 36.2 Å². The second-order valence-corrected chi connectivity index (χ2v) is 8.40. The molecule has 6 N–H and O–H groups in total. The fourth-order valence-electron chi connectivity index (χ4n) is 4.07. The molecule has 3 heterocycles. The lowest BCUT2D eigenvalue weighted by molar-refractivity contribution is 0.1000. The Morgan fingerprint density at radius 2 is 2.08 bits per heavy atom. The first-order valence-corrected chi connectivity index (χ1v) is 11.2. The van der Waals surface area contributed by atoms with Crippen molar-refractivity contribution in [1.82, 2.24) is 30.3 Å². The highest BCUT2D eigenvalue weighted by molar-refractivity contribution is 5.98. The van der Waals surface area contributed by atoms with Crippen LogP contribution in [0.3, 0.4) is 0 Å². The van der Waals surface area contributed by atoms with E-state index in [4.69, 9.17) is 15.6 Å². The fraction of sp³-hybridized carbons (Fsp3) is 0.364. The molecule has 0 radical (unpaired) electrons. The lowest BCUT2D eigenvalue weighted by Gasteiger charge is -2.38. The van der Waals surface area contributed by atoms with Crippen LogP contribution in [0.1, 0.15) is 36.5 Å². The van der Waals surface area contributed by atoms with Crippen LogP contribution in [-0.4, -0.2) is 61.3 Å². The highest BCUT2D eigenvalue weighted by atomic mass is 19.1. The molecule has 1 saturated carbocycles. The Balaban J connectivity index is 1.68. The topological polar surface area (TPSA) is 182 Å². The van der Waals surface area contributed by atoms with Gasteiger partial charge >= 0.3 is 6.09 Å². The summed E-state index contributed by atoms with van der Waals surface area (Å²) < 4.78 is 21.7. The Morgan fingerprint density at radius 1 is 1.31 bits per heavy atom. The van der Waals surface area contributed by atoms with Crippen molar-refractivity contribution in [2.24, 2.45) is 11.7 Å². The molecule has 14 heteroatoms. The molecule has 36 heavy (non-hydrogen) atoms. The molecule has 1 fully saturated rings. The highest BCUT2D eigenvalue weighted by Crippen LogP contribution is 2.34. The minimum Gasteiger partial charge on any atom is -0.479 e. The number of anilines is 3. The van der Waals surface area contributed by atoms with Crippen LogP contribution in [-0.2, 0) is 0 Å². The van der Waals surface area contributed by atoms with Gasteiger partial charge in [-0.3, -0.25) is 4.79 Å². The van der Waals surface area contributed by atoms with Crippen molar-refractivity contribution < 1.29 is 23.8 Å². The highest BCUT2D eigenvalue weighted by Gasteiger charge is 2.33. The molecule has 190 valence electrons. The van der Waals surface area contributed by atoms with Crippen molar-refractivity contribution in [1.29, 1.82) is 0 Å². The number of carbonyl (C=O) groups excluding carboxylic acids is 1. The number of carboxylic acid groups (broad SMARTS) is 1. The van der Waals surface area contributed by atoms with Gasteiger partial charge in [0.05, 0.1) is 43.0 Å². The maximum absolute atomic E-state index is 15.0. The molecule has 1 aliphatic carbocycles. The summed E-state index contributed by atoms with van der Waals surface area (Å²) in [5.74, 6) is -1.41. The van der Waals surface area contributed by atoms with Crippen molar-refractivity contribution >= 4 is 29.3 Å². The van der Waals surface area contributed by atoms with Gasteiger partial charge in [0.15, 0.2) is 11.6 Å². The van der Waals surface area contributed by atoms with E-state index in [1.165, 1.54) is 24.2 Å². The number of ether oxygens (including phenoxy) is 1. The van der Waals surface area contributed by atoms with Crippen molar-refractivity contribution in [3.63, 3.8) is 0 Å². The van der Waals surface area contributed by atoms with Crippen LogP contribution in [0.15, 0.2) is 30.7 Å². The van der Waals surface area contributed by atoms with E-state index >= 15 is 4.39 Å². The van der Waals surface area contributed by atoms with Gasteiger partial charge in [-0.2, -0.15) is 0 Å². The number of amides is 2. The summed E-state index contributed by atoms with van der Waals surface area (Å²) in [6.45, 7) is 1.70. The summed E-state index contributed by atoms with van der Waals surface area (Å²) in [5.41, 5.74) is 6.16. The predicted octanol–water partition coefficient (Wildman–Crippen LogP) is 2.28. The third-order valence-corrected chi connectivity index (χ3v) is 6.05. The summed E-state index contributed by atoms with van der Waals surface area (Å²) in [6.07, 6.45) is 6.11. The number of nitrogens with two attached hydrogens (primary N) is 1. The number of methoxy groups -OCH3 is 1. The lowest BCUT2D eigenvalue weighted by Crippen LogP contribution is -2.50. The van der Waals surface area contributed by atoms with Crippen molar-refractivity contribution in [2.45, 2.75) is 38.3 Å². The largest absolute Gasteiger partial charge is 0.479 e. The van der Waals surface area contributed by atoms with E-state index in [0.717, 1.165) is 25.3 Å². The molecular weight excluding hydrogens is 473 g/mol. The van der Waals surface area contributed by atoms with E-state index in [1.54, 1.807) is 19.2 Å². The van der Waals surface area contributed by atoms with E-state index < -0.39 is 29.9 Å². The number of hydrogen-bond acceptors (Lipinski definition) is 9. The summed E-state index contributed by atoms with van der Waals surface area (Å²) >= 11 is 0. The summed E-state index contributed by atoms with van der Waals surface area (Å²) in [6, 6.07) is 1.70. The molecule has 0 saturated heterocycles. The van der Waals surface area contributed by atoms with Crippen LogP contribution in [0.5, 0.6) is 5.88 Å². The van der Waals surface area contributed by atoms with Crippen LogP contribution in [0, 0.1) is 11.7 Å². The van der Waals surface area contributed by atoms with Crippen LogP contribution in [0.25, 0.3) is 5.69 Å². The number of hydrogen-bond donors (Lipinski definition) is 5. The SMILES string of the molecule is COc1ncc(Nc2nc(N[C@@H](C3CCC3)[C@H](C)NC(=O)O)c(F)cc2C(N)=O)cc1-n1ccnn1. The number of rotatable bonds is 10. The molecule has 2 amide bonds. The van der Waals surface area contributed by atoms with Gasteiger partial charge in [-0.1, -0.05) is 11.6 Å². The first-order valence-electron chi connectivity index (χ1n) is 11.2. The monoisotopic (exact) mass is 499 g/mol. The number of halogens is 1. The van der Waals surface area contributed by atoms with E-state index in [0.29, 0.717) is 11.4 Å². The van der Waals surface area contributed by atoms with Gasteiger partial charge in [0, 0.05) is 6.04 Å². The van der Waals surface area contributed by atoms with Crippen LogP contribution < -0.4 is 26.4 Å². The normalized spacial score (nSPS) is 14.9. The number of aromatic nitrogens is 5. The molecule has 2 atom stereocenters. The molecule has 0 unspecified atom stereocenters. The van der Waals surface area contributed by atoms with Crippen LogP contribution in [0.4, 0.5) is 26.5 Å². The minimum absolute atomic E-state index is 0.00545. The van der Waals surface area contributed by atoms with Gasteiger partial charge in [0.2, 0.25) is 5.88 Å². The smallest absolute Gasteiger partial charge is 0.404 e. The Bertz CT molecular complexity index is 1250. The van der Waals surface area contributed by atoms with Gasteiger partial charge < -0.3 is 31.5 Å². The zero-order valence-corrected chi connectivity index (χ0v) is 19.6. The van der Waals surface area contributed by atoms with Gasteiger partial charge in [-0.25, -0.2) is 23.8 Å². The molecule has 1 aliphatic rings. The molecule has 0 aromatic carbocycles. The van der Waals surface area contributed by atoms with E-state index in [-0.39, 0.29) is 29.0 Å². The van der Waals surface area contributed by atoms with Crippen molar-refractivity contribution in [3.8, 4) is 11.6 Å². The van der Waals surface area contributed by atoms with Gasteiger partial charge in [-0.05, 0) is 37.8 Å². The van der Waals surface area contributed by atoms with Gasteiger partial charge in [-0.15, -0.1) is 5.10 Å². The maximum Gasteiger partial charge on any atom is 0.404 e. The maximum atomic E-state index is 15.0. The summed E-state index contributed by atoms with van der Waals surface area (Å²) in [5, 5.41) is 25.3. The van der Waals surface area contributed by atoms with Crippen LogP contribution in [0.2, 0.25) is 0 Å². The molecule has 4 rings (SSSR count). The average molecular weight is 500 g/mol. The third kappa shape index (κ3) is 5.26. The summed E-state index contributed by atoms with van der Waals surface area (Å²) in [4.78, 5) is 31.8. The number of nitrogens with one attached hydrogen (secondary N) is 3. The zero-order valence-electron chi connectivity index (χ0n) is 19.6. The molecule has 0 spiro atoms. The Hall–Kier alpha value is -4.49. The molecule has 3 aromatic heterocycles. The summed E-state index contributed by atoms with van der Waals surface area (Å²) in [7, 11) is 1.46. The molecule has 0 bridgehead atoms. The zero-order chi connectivity index (χ0) is 25.8. The first kappa shape index (κ1) is 24.6. The molecule has 3 aromatic rings. The van der Waals surface area contributed by atoms with Gasteiger partial charge in [0.25, 0.3) is 5.91 Å². The standard InChI is InChI=1S/C22H26FN9O4/c1-11(27-22(34)35)17(12-4-3-5-12)29-20-15(23)9-14(18(24)33)19(30-20)28-13-8-16(21(36-2)25-10-13)32-7-6-26-31-32/h6-12,17,27H,3-5H2,1-2H3,(H2,24,33)(H,34,35)(H2,28,29,30)/t11-,17+/m0/s1. The number of pyridine rings is 2. The lowest BCUT2D eigenvalue weighted by atomic mass is 9.77. The van der Waals surface area contributed by atoms with Crippen LogP contribution >= 0.6 is 0 Å². The second kappa shape index (κ2) is 10.4. The number of nitrogens with zero attached hydrogens (tertiary/aromatic N) is 5. The molecule has 13 nitrogen and oxygen atoms in total. The minimum atomic E-state index is -1.18. The third-order valence-electron chi connectivity index (χ3n) is 6.05. The Kier molecular flexibility index (Phi) is 7.12. The molecular formula is C22H26FN9O4. The van der Waals surface area contributed by atoms with Crippen molar-refractivity contribution in [2.75, 3.05) is 17.7 Å². The van der Waals surface area contributed by atoms with Gasteiger partial charge in [0.1, 0.15) is 11.5 Å². The average Bonchev–Trinajstić information content (AvgIpc) is 3.33. The fourth-order valence-corrected chi connectivity index (χ4v) is 4.07.